The Morgan fingerprint density at radius 2 is 1.88 bits per heavy atom. The number of alkyl halides is 2. The summed E-state index contributed by atoms with van der Waals surface area (Å²) in [6, 6.07) is 4.17. The van der Waals surface area contributed by atoms with E-state index in [1.54, 1.807) is 12.1 Å². The van der Waals surface area contributed by atoms with Crippen molar-refractivity contribution < 1.29 is 31.9 Å². The van der Waals surface area contributed by atoms with E-state index in [1.807, 2.05) is 0 Å². The van der Waals surface area contributed by atoms with Gasteiger partial charge in [0.05, 0.1) is 5.75 Å². The molecule has 2 unspecified atom stereocenters. The van der Waals surface area contributed by atoms with Gasteiger partial charge in [0.15, 0.2) is 5.78 Å². The number of Topliss-reactive ketones (excluding diaryl/α,β-unsaturated/α-hetero) is 1. The van der Waals surface area contributed by atoms with Gasteiger partial charge in [-0.3, -0.25) is 9.59 Å². The minimum atomic E-state index is -3.22. The van der Waals surface area contributed by atoms with E-state index in [-0.39, 0.29) is 17.2 Å². The van der Waals surface area contributed by atoms with Crippen molar-refractivity contribution in [2.45, 2.75) is 44.8 Å². The third kappa shape index (κ3) is 7.44. The number of ketones is 1. The molecule has 6 nitrogen and oxygen atoms in total. The average molecular weight is 466 g/mol. The van der Waals surface area contributed by atoms with Crippen molar-refractivity contribution in [1.29, 1.82) is 0 Å². The van der Waals surface area contributed by atoms with Crippen LogP contribution in [0.15, 0.2) is 24.3 Å². The molecule has 172 valence electrons. The molecule has 1 aromatic carbocycles. The maximum absolute atomic E-state index is 13.0. The third-order valence-electron chi connectivity index (χ3n) is 5.16. The van der Waals surface area contributed by atoms with Crippen molar-refractivity contribution in [3.63, 3.8) is 0 Å². The number of hydrogen-bond acceptors (Lipinski definition) is 5. The van der Waals surface area contributed by atoms with Crippen LogP contribution in [0.25, 0.3) is 0 Å². The highest BCUT2D eigenvalue weighted by atomic mass is 32.2. The first kappa shape index (κ1) is 25.5. The fourth-order valence-corrected chi connectivity index (χ4v) is 3.78. The molecule has 0 spiro atoms. The summed E-state index contributed by atoms with van der Waals surface area (Å²) in [4.78, 5) is 24.0. The molecular weight excluding hydrogens is 440 g/mol. The Morgan fingerprint density at radius 1 is 1.25 bits per heavy atom. The van der Waals surface area contributed by atoms with E-state index in [4.69, 9.17) is 0 Å². The van der Waals surface area contributed by atoms with Gasteiger partial charge in [-0.2, -0.15) is 0 Å². The van der Waals surface area contributed by atoms with E-state index in [0.717, 1.165) is 20.3 Å². The molecule has 2 N–H and O–H groups in total. The lowest BCUT2D eigenvalue weighted by molar-refractivity contribution is -0.138. The van der Waals surface area contributed by atoms with Crippen LogP contribution in [0.5, 0.6) is 0 Å². The van der Waals surface area contributed by atoms with Crippen LogP contribution in [0.1, 0.15) is 42.6 Å². The molecule has 1 fully saturated rings. The smallest absolute Gasteiger partial charge is 0.269 e. The number of nitrogens with one attached hydrogen (secondary N) is 1. The van der Waals surface area contributed by atoms with Crippen LogP contribution in [0.4, 0.5) is 8.78 Å². The zero-order valence-electron chi connectivity index (χ0n) is 18.0. The van der Waals surface area contributed by atoms with E-state index in [2.05, 4.69) is 29.0 Å². The summed E-state index contributed by atoms with van der Waals surface area (Å²) < 4.78 is 48.4. The Hall–Kier alpha value is -2.75. The molecule has 2 rings (SSSR count). The summed E-state index contributed by atoms with van der Waals surface area (Å²) in [6.07, 6.45) is -0.536. The Kier molecular flexibility index (Phi) is 8.17. The van der Waals surface area contributed by atoms with Gasteiger partial charge in [0.1, 0.15) is 21.5 Å². The monoisotopic (exact) mass is 465 g/mol. The molecular formula is C23H25F2NO5S. The van der Waals surface area contributed by atoms with Crippen molar-refractivity contribution in [2.75, 3.05) is 12.0 Å². The maximum atomic E-state index is 13.0. The third-order valence-corrected chi connectivity index (χ3v) is 6.14. The van der Waals surface area contributed by atoms with Crippen molar-refractivity contribution in [3.05, 3.63) is 35.4 Å². The molecule has 4 atom stereocenters. The summed E-state index contributed by atoms with van der Waals surface area (Å²) in [5, 5.41) is 12.0. The molecule has 1 amide bonds. The SMILES string of the molecule is CC(=O)[C@@H](NC(=O)c1ccc(C#CC#CC2CC2CCS(C)(=O)=O)cc1)[C@](C)(O)C(F)F. The first-order valence-corrected chi connectivity index (χ1v) is 12.0. The zero-order valence-corrected chi connectivity index (χ0v) is 18.8. The van der Waals surface area contributed by atoms with Crippen LogP contribution in [-0.4, -0.2) is 55.3 Å². The first-order chi connectivity index (χ1) is 14.8. The summed E-state index contributed by atoms with van der Waals surface area (Å²) in [5.74, 6) is 10.3. The zero-order chi connectivity index (χ0) is 24.1. The van der Waals surface area contributed by atoms with Crippen molar-refractivity contribution in [3.8, 4) is 23.7 Å². The topological polar surface area (TPSA) is 101 Å². The number of sulfone groups is 1. The Balaban J connectivity index is 1.94. The van der Waals surface area contributed by atoms with Crippen molar-refractivity contribution in [1.82, 2.24) is 5.32 Å². The van der Waals surface area contributed by atoms with Gasteiger partial charge in [0, 0.05) is 23.3 Å². The number of carbonyl (C=O) groups excluding carboxylic acids is 2. The molecule has 9 heteroatoms. The summed E-state index contributed by atoms with van der Waals surface area (Å²) in [6.45, 7) is 1.80. The summed E-state index contributed by atoms with van der Waals surface area (Å²) in [7, 11) is -2.96. The van der Waals surface area contributed by atoms with Crippen LogP contribution in [0, 0.1) is 35.5 Å². The van der Waals surface area contributed by atoms with E-state index >= 15 is 0 Å². The van der Waals surface area contributed by atoms with Crippen LogP contribution in [0.2, 0.25) is 0 Å². The van der Waals surface area contributed by atoms with Gasteiger partial charge in [-0.05, 0) is 68.7 Å². The lowest BCUT2D eigenvalue weighted by Gasteiger charge is -2.30. The first-order valence-electron chi connectivity index (χ1n) is 9.92. The van der Waals surface area contributed by atoms with Gasteiger partial charge < -0.3 is 10.4 Å². The van der Waals surface area contributed by atoms with Crippen LogP contribution < -0.4 is 5.32 Å². The largest absolute Gasteiger partial charge is 0.382 e. The second-order valence-corrected chi connectivity index (χ2v) is 10.4. The van der Waals surface area contributed by atoms with Crippen molar-refractivity contribution >= 4 is 21.5 Å². The van der Waals surface area contributed by atoms with E-state index in [0.29, 0.717) is 17.9 Å². The highest BCUT2D eigenvalue weighted by Gasteiger charge is 2.44. The minimum absolute atomic E-state index is 0.115. The van der Waals surface area contributed by atoms with Crippen LogP contribution in [0.3, 0.4) is 0 Å². The lowest BCUT2D eigenvalue weighted by atomic mass is 9.93. The molecule has 1 aliphatic carbocycles. The maximum Gasteiger partial charge on any atom is 0.269 e. The highest BCUT2D eigenvalue weighted by molar-refractivity contribution is 7.90. The summed E-state index contributed by atoms with van der Waals surface area (Å²) >= 11 is 0. The summed E-state index contributed by atoms with van der Waals surface area (Å²) in [5.41, 5.74) is -2.01. The highest BCUT2D eigenvalue weighted by Crippen LogP contribution is 2.40. The van der Waals surface area contributed by atoms with Crippen molar-refractivity contribution in [2.24, 2.45) is 11.8 Å². The molecule has 0 saturated heterocycles. The Morgan fingerprint density at radius 3 is 2.41 bits per heavy atom. The number of halogens is 2. The van der Waals surface area contributed by atoms with Gasteiger partial charge in [-0.1, -0.05) is 11.8 Å². The van der Waals surface area contributed by atoms with Crippen LogP contribution in [-0.2, 0) is 14.6 Å². The molecule has 0 bridgehead atoms. The van der Waals surface area contributed by atoms with Gasteiger partial charge in [0.2, 0.25) is 0 Å². The standard InChI is InChI=1S/C23H25F2NO5S/c1-15(27)20(23(2,29)22(24)25)26-21(28)17-10-8-16(9-11-17)6-4-5-7-18-14-19(18)12-13-32(3,30)31/h8-11,18-20,22,29H,12-14H2,1-3H3,(H,26,28)/t18?,19?,20-,23+/m1/s1. The number of aliphatic hydroxyl groups is 1. The fraction of sp³-hybridized carbons (Fsp3) is 0.478. The molecule has 1 aliphatic rings. The second-order valence-electron chi connectivity index (χ2n) is 8.16. The van der Waals surface area contributed by atoms with Gasteiger partial charge >= 0.3 is 0 Å². The Labute approximate surface area is 186 Å². The van der Waals surface area contributed by atoms with Gasteiger partial charge in [-0.25, -0.2) is 17.2 Å². The average Bonchev–Trinajstić information content (AvgIpc) is 3.45. The van der Waals surface area contributed by atoms with E-state index in [1.165, 1.54) is 18.4 Å². The van der Waals surface area contributed by atoms with E-state index < -0.39 is 39.6 Å². The number of hydrogen-bond donors (Lipinski definition) is 2. The fourth-order valence-electron chi connectivity index (χ4n) is 3.05. The molecule has 0 aromatic heterocycles. The van der Waals surface area contributed by atoms with Crippen LogP contribution >= 0.6 is 0 Å². The molecule has 32 heavy (non-hydrogen) atoms. The van der Waals surface area contributed by atoms with E-state index in [9.17, 15) is 31.9 Å². The molecule has 1 saturated carbocycles. The normalized spacial score (nSPS) is 20.1. The molecule has 0 heterocycles. The number of carbonyl (C=O) groups is 2. The second kappa shape index (κ2) is 10.2. The molecule has 0 aliphatic heterocycles. The molecule has 1 aromatic rings. The predicted molar refractivity (Wildman–Crippen MR) is 116 cm³/mol. The quantitative estimate of drug-likeness (QED) is 0.571. The minimum Gasteiger partial charge on any atom is -0.382 e. The number of amides is 1. The number of benzene rings is 1. The molecule has 0 radical (unpaired) electrons. The lowest BCUT2D eigenvalue weighted by Crippen LogP contribution is -2.58. The Bertz CT molecular complexity index is 1090. The van der Waals surface area contributed by atoms with Gasteiger partial charge in [0.25, 0.3) is 12.3 Å². The number of rotatable bonds is 8. The van der Waals surface area contributed by atoms with Gasteiger partial charge in [-0.15, -0.1) is 0 Å². The predicted octanol–water partition coefficient (Wildman–Crippen LogP) is 1.82.